The summed E-state index contributed by atoms with van der Waals surface area (Å²) >= 11 is 0. The van der Waals surface area contributed by atoms with Gasteiger partial charge in [-0.05, 0) is 45.7 Å². The smallest absolute Gasteiger partial charge is 0.333 e. The number of hydrogen-bond acceptors (Lipinski definition) is 14. The maximum absolute atomic E-state index is 13.5. The Morgan fingerprint density at radius 1 is 1.21 bits per heavy atom. The molecule has 0 bridgehead atoms. The average molecular weight is 659 g/mol. The van der Waals surface area contributed by atoms with Crippen LogP contribution in [0.5, 0.6) is 0 Å². The molecule has 0 radical (unpaired) electrons. The third-order valence-electron chi connectivity index (χ3n) is 8.54. The zero-order chi connectivity index (χ0) is 34.1. The largest absolute Gasteiger partial charge is 0.394 e. The lowest BCUT2D eigenvalue weighted by Gasteiger charge is -2.31. The molecule has 2 aliphatic heterocycles. The Kier molecular flexibility index (Phi) is 9.97. The summed E-state index contributed by atoms with van der Waals surface area (Å²) in [5, 5.41) is 10.1. The minimum absolute atomic E-state index is 0.00111. The second-order valence-electron chi connectivity index (χ2n) is 12.2. The number of Topliss-reactive ketones (excluding diaryl/α,β-unsaturated/α-hetero) is 1. The van der Waals surface area contributed by atoms with Gasteiger partial charge >= 0.3 is 5.69 Å². The number of nitrogen functional groups attached to an aromatic ring is 2. The summed E-state index contributed by atoms with van der Waals surface area (Å²) < 4.78 is 32.9. The third kappa shape index (κ3) is 6.73. The van der Waals surface area contributed by atoms with Crippen LogP contribution in [0, 0.1) is 0 Å². The molecule has 17 nitrogen and oxygen atoms in total. The van der Waals surface area contributed by atoms with E-state index in [1.807, 2.05) is 20.8 Å². The molecule has 0 aliphatic carbocycles. The van der Waals surface area contributed by atoms with Crippen LogP contribution in [0.25, 0.3) is 11.2 Å². The Morgan fingerprint density at radius 3 is 2.60 bits per heavy atom. The van der Waals surface area contributed by atoms with Gasteiger partial charge in [0.2, 0.25) is 5.95 Å². The number of rotatable bonds is 15. The maximum Gasteiger partial charge on any atom is 0.333 e. The summed E-state index contributed by atoms with van der Waals surface area (Å²) in [5.41, 5.74) is 5.68. The van der Waals surface area contributed by atoms with Crippen LogP contribution in [0.15, 0.2) is 40.6 Å². The number of aromatic amines is 1. The van der Waals surface area contributed by atoms with Crippen molar-refractivity contribution in [1.82, 2.24) is 24.1 Å². The van der Waals surface area contributed by atoms with Crippen molar-refractivity contribution in [3.8, 4) is 0 Å². The van der Waals surface area contributed by atoms with Gasteiger partial charge in [-0.15, -0.1) is 6.58 Å². The van der Waals surface area contributed by atoms with Crippen molar-refractivity contribution in [2.75, 3.05) is 31.0 Å². The predicted octanol–water partition coefficient (Wildman–Crippen LogP) is 0.588. The Hall–Kier alpha value is -3.97. The van der Waals surface area contributed by atoms with Gasteiger partial charge in [-0.1, -0.05) is 13.0 Å². The molecule has 2 fully saturated rings. The number of pyridine rings is 1. The number of fused-ring (bicyclic) bond motifs is 2. The molecule has 7 N–H and O–H groups in total. The number of ketones is 1. The number of aromatic nitrogens is 5. The fourth-order valence-corrected chi connectivity index (χ4v) is 5.70. The molecule has 0 aromatic carbocycles. The van der Waals surface area contributed by atoms with Gasteiger partial charge in [-0.2, -0.15) is 4.98 Å². The van der Waals surface area contributed by atoms with Crippen molar-refractivity contribution in [3.63, 3.8) is 0 Å². The summed E-state index contributed by atoms with van der Waals surface area (Å²) in [5.74, 6) is 5.44. The summed E-state index contributed by atoms with van der Waals surface area (Å²) in [6.07, 6.45) is -0.537. The Labute approximate surface area is 269 Å². The SMILES string of the molecule is C=CCn1c(=O)n([C@@H]2O[C@H](CO)[C@H]3OC(COC(C)(C)CCOC(C)(CC)C(=O)c4ccc(NN)nc4)O[C@H]32)c2nc(N)[nH]c(=O)c21. The quantitative estimate of drug-likeness (QED) is 0.0651. The molecule has 0 amide bonds. The number of allylic oxidation sites excluding steroid dienone is 1. The van der Waals surface area contributed by atoms with E-state index in [1.54, 1.807) is 19.1 Å². The zero-order valence-corrected chi connectivity index (χ0v) is 26.8. The van der Waals surface area contributed by atoms with Crippen molar-refractivity contribution in [1.29, 1.82) is 0 Å². The van der Waals surface area contributed by atoms with Crippen LogP contribution in [-0.4, -0.2) is 90.6 Å². The first kappa shape index (κ1) is 34.4. The van der Waals surface area contributed by atoms with Gasteiger partial charge in [0, 0.05) is 18.3 Å². The average Bonchev–Trinajstić information content (AvgIpc) is 3.70. The van der Waals surface area contributed by atoms with E-state index in [0.717, 1.165) is 0 Å². The van der Waals surface area contributed by atoms with Crippen LogP contribution in [0.4, 0.5) is 11.8 Å². The van der Waals surface area contributed by atoms with Crippen molar-refractivity contribution in [3.05, 3.63) is 57.4 Å². The van der Waals surface area contributed by atoms with Gasteiger partial charge in [-0.3, -0.25) is 19.1 Å². The van der Waals surface area contributed by atoms with Crippen LogP contribution in [0.3, 0.4) is 0 Å². The monoisotopic (exact) mass is 658 g/mol. The molecule has 5 heterocycles. The summed E-state index contributed by atoms with van der Waals surface area (Å²) in [4.78, 5) is 50.2. The Morgan fingerprint density at radius 2 is 1.96 bits per heavy atom. The number of hydrogen-bond donors (Lipinski definition) is 5. The second-order valence-corrected chi connectivity index (χ2v) is 12.2. The number of carbonyl (C=O) groups excluding carboxylic acids is 1. The highest BCUT2D eigenvalue weighted by Crippen LogP contribution is 2.40. The van der Waals surface area contributed by atoms with E-state index in [2.05, 4.69) is 27.0 Å². The number of aliphatic hydroxyl groups is 1. The van der Waals surface area contributed by atoms with E-state index in [0.29, 0.717) is 24.2 Å². The summed E-state index contributed by atoms with van der Waals surface area (Å²) in [6.45, 7) is 10.9. The first-order valence-corrected chi connectivity index (χ1v) is 15.3. The van der Waals surface area contributed by atoms with E-state index in [-0.39, 0.29) is 42.7 Å². The highest BCUT2D eigenvalue weighted by atomic mass is 16.8. The van der Waals surface area contributed by atoms with Crippen molar-refractivity contribution in [2.24, 2.45) is 5.84 Å². The topological polar surface area (TPSA) is 233 Å². The Bertz CT molecular complexity index is 1720. The van der Waals surface area contributed by atoms with Crippen LogP contribution >= 0.6 is 0 Å². The van der Waals surface area contributed by atoms with E-state index in [9.17, 15) is 19.5 Å². The predicted molar refractivity (Wildman–Crippen MR) is 169 cm³/mol. The minimum Gasteiger partial charge on any atom is -0.394 e. The van der Waals surface area contributed by atoms with Crippen LogP contribution in [0.2, 0.25) is 0 Å². The molecule has 2 saturated heterocycles. The number of ether oxygens (including phenoxy) is 5. The molecule has 5 rings (SSSR count). The van der Waals surface area contributed by atoms with Gasteiger partial charge < -0.3 is 40.0 Å². The first-order chi connectivity index (χ1) is 22.4. The summed E-state index contributed by atoms with van der Waals surface area (Å²) in [7, 11) is 0. The normalized spacial score (nSPS) is 23.9. The lowest BCUT2D eigenvalue weighted by atomic mass is 9.92. The molecular formula is C30H42N8O9. The molecule has 3 aromatic heterocycles. The van der Waals surface area contributed by atoms with E-state index >= 15 is 0 Å². The molecular weight excluding hydrogens is 616 g/mol. The van der Waals surface area contributed by atoms with Crippen molar-refractivity contribution >= 4 is 28.7 Å². The number of nitrogens with two attached hydrogens (primary N) is 2. The van der Waals surface area contributed by atoms with Gasteiger partial charge in [0.15, 0.2) is 29.5 Å². The molecule has 47 heavy (non-hydrogen) atoms. The van der Waals surface area contributed by atoms with Crippen LogP contribution in [0.1, 0.15) is 57.1 Å². The summed E-state index contributed by atoms with van der Waals surface area (Å²) in [6, 6.07) is 3.26. The number of aliphatic hydroxyl groups excluding tert-OH is 1. The molecule has 0 spiro atoms. The van der Waals surface area contributed by atoms with Gasteiger partial charge in [0.1, 0.15) is 29.7 Å². The third-order valence-corrected chi connectivity index (χ3v) is 8.54. The van der Waals surface area contributed by atoms with Crippen molar-refractivity contribution < 1.29 is 33.6 Å². The van der Waals surface area contributed by atoms with Crippen LogP contribution < -0.4 is 28.3 Å². The lowest BCUT2D eigenvalue weighted by Crippen LogP contribution is -2.40. The number of nitrogens with zero attached hydrogens (tertiary/aromatic N) is 4. The highest BCUT2D eigenvalue weighted by molar-refractivity contribution is 6.02. The number of anilines is 2. The number of carbonyl (C=O) groups is 1. The number of nitrogens with one attached hydrogen (secondary N) is 2. The number of hydrazine groups is 1. The zero-order valence-electron chi connectivity index (χ0n) is 26.8. The van der Waals surface area contributed by atoms with Gasteiger partial charge in [0.05, 0.1) is 25.4 Å². The Balaban J connectivity index is 1.24. The van der Waals surface area contributed by atoms with Crippen molar-refractivity contribution in [2.45, 2.75) is 89.1 Å². The van der Waals surface area contributed by atoms with E-state index in [1.165, 1.54) is 21.4 Å². The van der Waals surface area contributed by atoms with Gasteiger partial charge in [0.25, 0.3) is 5.56 Å². The highest BCUT2D eigenvalue weighted by Gasteiger charge is 2.54. The number of H-pyrrole nitrogens is 1. The maximum atomic E-state index is 13.5. The molecule has 2 aliphatic rings. The molecule has 3 aromatic rings. The first-order valence-electron chi connectivity index (χ1n) is 15.3. The molecule has 256 valence electrons. The standard InChI is InChI=1S/C30H42N8O9/c1-6-11-37-20-24(34-27(31)35-25(20)41)38(28(37)42)26-22-21(17(14-39)45-26)46-19(47-22)15-44-29(3,4)10-12-43-30(5,7-2)23(40)16-8-9-18(36-32)33-13-16/h6,8-9,13,17,19,21-22,26,39H,1,7,10-12,14-15,32H2,2-5H3,(H,33,36)(H3,31,34,35,41)/t17-,19?,21-,22-,26-,30?/m1/s1. The fraction of sp³-hybridized carbons (Fsp3) is 0.567. The van der Waals surface area contributed by atoms with E-state index in [4.69, 9.17) is 35.3 Å². The van der Waals surface area contributed by atoms with Gasteiger partial charge in [-0.25, -0.2) is 20.2 Å². The molecule has 0 saturated carbocycles. The molecule has 2 unspecified atom stereocenters. The minimum atomic E-state index is -1.08. The molecule has 6 atom stereocenters. The van der Waals surface area contributed by atoms with Crippen LogP contribution in [-0.2, 0) is 30.2 Å². The lowest BCUT2D eigenvalue weighted by molar-refractivity contribution is -0.188. The fourth-order valence-electron chi connectivity index (χ4n) is 5.70. The van der Waals surface area contributed by atoms with E-state index < -0.39 is 59.9 Å². The second kappa shape index (κ2) is 13.6. The number of imidazole rings is 1. The molecule has 17 heteroatoms.